The van der Waals surface area contributed by atoms with Gasteiger partial charge >= 0.3 is 0 Å². The van der Waals surface area contributed by atoms with Crippen molar-refractivity contribution in [3.05, 3.63) is 44.7 Å². The fraction of sp³-hybridized carbons (Fsp3) is 0.476. The molecule has 2 aliphatic rings. The van der Waals surface area contributed by atoms with Gasteiger partial charge in [-0.05, 0) is 75.6 Å². The first-order valence-electron chi connectivity index (χ1n) is 9.82. The van der Waals surface area contributed by atoms with Crippen LogP contribution >= 0.6 is 11.3 Å². The number of nitrogens with one attached hydrogen (secondary N) is 2. The maximum atomic E-state index is 13.6. The van der Waals surface area contributed by atoms with Crippen LogP contribution in [-0.4, -0.2) is 28.4 Å². The Morgan fingerprint density at radius 1 is 1.24 bits per heavy atom. The van der Waals surface area contributed by atoms with Gasteiger partial charge in [0.25, 0.3) is 11.8 Å². The lowest BCUT2D eigenvalue weighted by atomic mass is 9.87. The minimum Gasteiger partial charge on any atom is -0.395 e. The molecule has 2 aromatic heterocycles. The minimum absolute atomic E-state index is 0.0127. The highest BCUT2D eigenvalue weighted by molar-refractivity contribution is 7.14. The number of halogens is 1. The molecule has 0 aromatic carbocycles. The predicted molar refractivity (Wildman–Crippen MR) is 111 cm³/mol. The second kappa shape index (κ2) is 7.09. The molecule has 0 aliphatic heterocycles. The van der Waals surface area contributed by atoms with Gasteiger partial charge in [0.2, 0.25) is 5.95 Å². The van der Waals surface area contributed by atoms with E-state index in [2.05, 4.69) is 15.6 Å². The summed E-state index contributed by atoms with van der Waals surface area (Å²) in [5.74, 6) is -0.923. The van der Waals surface area contributed by atoms with Crippen LogP contribution in [0.4, 0.5) is 10.1 Å². The summed E-state index contributed by atoms with van der Waals surface area (Å²) >= 11 is 1.51. The lowest BCUT2D eigenvalue weighted by molar-refractivity contribution is 0.0829. The zero-order chi connectivity index (χ0) is 20.9. The molecule has 0 radical (unpaired) electrons. The maximum Gasteiger partial charge on any atom is 0.270 e. The molecule has 2 fully saturated rings. The number of hydrogen-bond acceptors (Lipinski definition) is 5. The van der Waals surface area contributed by atoms with Crippen LogP contribution in [-0.2, 0) is 0 Å². The van der Waals surface area contributed by atoms with Gasteiger partial charge in [-0.3, -0.25) is 9.59 Å². The summed E-state index contributed by atoms with van der Waals surface area (Å²) in [7, 11) is 0. The van der Waals surface area contributed by atoms with Crippen molar-refractivity contribution in [1.82, 2.24) is 15.6 Å². The van der Waals surface area contributed by atoms with Gasteiger partial charge in [-0.15, -0.1) is 11.3 Å². The average Bonchev–Trinajstić information content (AvgIpc) is 3.31. The second-order valence-corrected chi connectivity index (χ2v) is 9.52. The smallest absolute Gasteiger partial charge is 0.270 e. The number of amides is 2. The van der Waals surface area contributed by atoms with Crippen LogP contribution < -0.4 is 16.4 Å². The molecule has 154 valence electrons. The summed E-state index contributed by atoms with van der Waals surface area (Å²) in [6, 6.07) is 2.54. The summed E-state index contributed by atoms with van der Waals surface area (Å²) in [6.07, 6.45) is 3.49. The SMILES string of the molecule is Cc1sc(C(=O)N[C@]23CC[C@H](C[C@@H]2NC(=O)c2ccc(N)c(F)n2)C3)c(C)c1C. The molecule has 2 aliphatic carbocycles. The van der Waals surface area contributed by atoms with Gasteiger partial charge < -0.3 is 16.4 Å². The van der Waals surface area contributed by atoms with Gasteiger partial charge in [0.1, 0.15) is 5.69 Å². The Morgan fingerprint density at radius 2 is 2.00 bits per heavy atom. The molecule has 3 atom stereocenters. The number of aryl methyl sites for hydroxylation is 1. The molecular formula is C21H25FN4O2S. The Morgan fingerprint density at radius 3 is 2.62 bits per heavy atom. The van der Waals surface area contributed by atoms with Gasteiger partial charge in [-0.2, -0.15) is 4.39 Å². The van der Waals surface area contributed by atoms with E-state index in [-0.39, 0.29) is 23.3 Å². The van der Waals surface area contributed by atoms with Crippen LogP contribution in [0.15, 0.2) is 12.1 Å². The molecule has 2 bridgehead atoms. The number of rotatable bonds is 4. The number of fused-ring (bicyclic) bond motifs is 2. The fourth-order valence-electron chi connectivity index (χ4n) is 4.70. The van der Waals surface area contributed by atoms with Crippen molar-refractivity contribution in [2.24, 2.45) is 5.92 Å². The van der Waals surface area contributed by atoms with Crippen molar-refractivity contribution in [2.75, 3.05) is 5.73 Å². The number of nitrogen functional groups attached to an aromatic ring is 1. The Labute approximate surface area is 173 Å². The van der Waals surface area contributed by atoms with E-state index in [1.165, 1.54) is 23.5 Å². The van der Waals surface area contributed by atoms with Gasteiger partial charge in [0, 0.05) is 4.88 Å². The average molecular weight is 417 g/mol. The van der Waals surface area contributed by atoms with E-state index in [1.54, 1.807) is 0 Å². The van der Waals surface area contributed by atoms with Crippen LogP contribution in [0.5, 0.6) is 0 Å². The molecule has 2 aromatic rings. The first-order valence-corrected chi connectivity index (χ1v) is 10.6. The van der Waals surface area contributed by atoms with E-state index >= 15 is 0 Å². The lowest BCUT2D eigenvalue weighted by Gasteiger charge is -2.36. The summed E-state index contributed by atoms with van der Waals surface area (Å²) < 4.78 is 13.6. The topological polar surface area (TPSA) is 97.1 Å². The van der Waals surface area contributed by atoms with Gasteiger partial charge in [-0.25, -0.2) is 4.98 Å². The Bertz CT molecular complexity index is 1000. The Balaban J connectivity index is 1.53. The van der Waals surface area contributed by atoms with Gasteiger partial charge in [0.05, 0.1) is 22.1 Å². The number of aromatic nitrogens is 1. The highest BCUT2D eigenvalue weighted by atomic mass is 32.1. The maximum absolute atomic E-state index is 13.6. The molecular weight excluding hydrogens is 391 g/mol. The number of anilines is 1. The van der Waals surface area contributed by atoms with E-state index in [4.69, 9.17) is 5.73 Å². The van der Waals surface area contributed by atoms with E-state index in [1.807, 2.05) is 20.8 Å². The number of hydrogen-bond donors (Lipinski definition) is 3. The first-order chi connectivity index (χ1) is 13.7. The monoisotopic (exact) mass is 416 g/mol. The molecule has 0 unspecified atom stereocenters. The molecule has 4 N–H and O–H groups in total. The van der Waals surface area contributed by atoms with Gasteiger partial charge in [-0.1, -0.05) is 0 Å². The van der Waals surface area contributed by atoms with Crippen molar-refractivity contribution in [2.45, 2.75) is 58.0 Å². The zero-order valence-electron chi connectivity index (χ0n) is 16.8. The first kappa shape index (κ1) is 19.8. The lowest BCUT2D eigenvalue weighted by Crippen LogP contribution is -2.59. The molecule has 2 saturated carbocycles. The number of carbonyl (C=O) groups is 2. The molecule has 4 rings (SSSR count). The second-order valence-electron chi connectivity index (χ2n) is 8.29. The van der Waals surface area contributed by atoms with Crippen molar-refractivity contribution in [1.29, 1.82) is 0 Å². The highest BCUT2D eigenvalue weighted by Gasteiger charge is 2.53. The zero-order valence-corrected chi connectivity index (χ0v) is 17.6. The van der Waals surface area contributed by atoms with Crippen molar-refractivity contribution >= 4 is 28.8 Å². The van der Waals surface area contributed by atoms with Crippen LogP contribution in [0.25, 0.3) is 0 Å². The fourth-order valence-corrected chi connectivity index (χ4v) is 5.76. The number of pyridine rings is 1. The number of nitrogens with zero attached hydrogens (tertiary/aromatic N) is 1. The largest absolute Gasteiger partial charge is 0.395 e. The highest BCUT2D eigenvalue weighted by Crippen LogP contribution is 2.48. The van der Waals surface area contributed by atoms with Crippen LogP contribution in [0, 0.1) is 32.6 Å². The van der Waals surface area contributed by atoms with Crippen molar-refractivity contribution in [3.8, 4) is 0 Å². The Kier molecular flexibility index (Phi) is 4.85. The predicted octanol–water partition coefficient (Wildman–Crippen LogP) is 3.26. The third kappa shape index (κ3) is 3.39. The number of thiophene rings is 1. The number of nitrogens with two attached hydrogens (primary N) is 1. The normalized spacial score (nSPS) is 25.2. The summed E-state index contributed by atoms with van der Waals surface area (Å²) in [5, 5.41) is 6.23. The Hall–Kier alpha value is -2.48. The van der Waals surface area contributed by atoms with E-state index in [9.17, 15) is 14.0 Å². The van der Waals surface area contributed by atoms with Crippen molar-refractivity contribution < 1.29 is 14.0 Å². The van der Waals surface area contributed by atoms with E-state index < -0.39 is 17.4 Å². The summed E-state index contributed by atoms with van der Waals surface area (Å²) in [4.78, 5) is 31.2. The molecule has 0 saturated heterocycles. The van der Waals surface area contributed by atoms with Gasteiger partial charge in [0.15, 0.2) is 0 Å². The van der Waals surface area contributed by atoms with Crippen LogP contribution in [0.1, 0.15) is 61.8 Å². The molecule has 2 heterocycles. The summed E-state index contributed by atoms with van der Waals surface area (Å²) in [5.41, 5.74) is 7.02. The third-order valence-corrected chi connectivity index (χ3v) is 7.87. The standard InChI is InChI=1S/C21H25FN4O2S/c1-10-11(2)17(29-12(10)3)20(28)26-21-7-6-13(9-21)8-16(21)25-19(27)15-5-4-14(23)18(22)24-15/h4-5,13,16H,6-9,23H2,1-3H3,(H,25,27)(H,26,28)/t13-,16+,21+/m1/s1. The molecule has 8 heteroatoms. The van der Waals surface area contributed by atoms with Crippen LogP contribution in [0.2, 0.25) is 0 Å². The molecule has 2 amide bonds. The van der Waals surface area contributed by atoms with E-state index in [0.29, 0.717) is 5.92 Å². The summed E-state index contributed by atoms with van der Waals surface area (Å²) in [6.45, 7) is 6.02. The third-order valence-electron chi connectivity index (χ3n) is 6.56. The van der Waals surface area contributed by atoms with Crippen molar-refractivity contribution in [3.63, 3.8) is 0 Å². The van der Waals surface area contributed by atoms with Crippen LogP contribution in [0.3, 0.4) is 0 Å². The van der Waals surface area contributed by atoms with E-state index in [0.717, 1.165) is 46.6 Å². The number of carbonyl (C=O) groups excluding carboxylic acids is 2. The quantitative estimate of drug-likeness (QED) is 0.667. The molecule has 6 nitrogen and oxygen atoms in total. The molecule has 29 heavy (non-hydrogen) atoms. The minimum atomic E-state index is -0.854. The molecule has 0 spiro atoms.